The normalized spacial score (nSPS) is 10.3. The average molecular weight is 243 g/mol. The van der Waals surface area contributed by atoms with E-state index in [1.165, 1.54) is 5.56 Å². The Labute approximate surface area is 104 Å². The van der Waals surface area contributed by atoms with Gasteiger partial charge < -0.3 is 10.4 Å². The number of fused-ring (bicyclic) bond motifs is 1. The Morgan fingerprint density at radius 3 is 2.50 bits per heavy atom. The fourth-order valence-corrected chi connectivity index (χ4v) is 1.78. The Bertz CT molecular complexity index is 619. The number of aliphatic carboxylic acids is 1. The average Bonchev–Trinajstić information content (AvgIpc) is 2.35. The lowest BCUT2D eigenvalue weighted by molar-refractivity contribution is -0.150. The van der Waals surface area contributed by atoms with E-state index in [4.69, 9.17) is 5.11 Å². The molecule has 2 aromatic rings. The van der Waals surface area contributed by atoms with Crippen LogP contribution < -0.4 is 5.32 Å². The summed E-state index contributed by atoms with van der Waals surface area (Å²) in [6.07, 6.45) is 0. The summed E-state index contributed by atoms with van der Waals surface area (Å²) < 4.78 is 0. The molecule has 2 N–H and O–H groups in total. The van der Waals surface area contributed by atoms with Crippen LogP contribution in [0.3, 0.4) is 0 Å². The lowest BCUT2D eigenvalue weighted by atomic mass is 10.0. The number of nitrogens with one attached hydrogen (secondary N) is 1. The monoisotopic (exact) mass is 243 g/mol. The van der Waals surface area contributed by atoms with Crippen molar-refractivity contribution in [2.45, 2.75) is 13.5 Å². The molecule has 0 radical (unpaired) electrons. The first kappa shape index (κ1) is 12.1. The first-order chi connectivity index (χ1) is 8.56. The lowest BCUT2D eigenvalue weighted by Gasteiger charge is -2.05. The summed E-state index contributed by atoms with van der Waals surface area (Å²) in [4.78, 5) is 21.3. The van der Waals surface area contributed by atoms with Crippen LogP contribution in [0.4, 0.5) is 0 Å². The van der Waals surface area contributed by atoms with Crippen LogP contribution in [0, 0.1) is 6.92 Å². The molecule has 0 spiro atoms. The second-order valence-electron chi connectivity index (χ2n) is 4.17. The van der Waals surface area contributed by atoms with Crippen molar-refractivity contribution in [2.75, 3.05) is 0 Å². The van der Waals surface area contributed by atoms with Crippen LogP contribution in [-0.4, -0.2) is 17.0 Å². The molecule has 2 aromatic carbocycles. The molecule has 18 heavy (non-hydrogen) atoms. The third kappa shape index (κ3) is 2.66. The lowest BCUT2D eigenvalue weighted by Crippen LogP contribution is -2.29. The highest BCUT2D eigenvalue weighted by Gasteiger charge is 2.09. The summed E-state index contributed by atoms with van der Waals surface area (Å²) in [5.41, 5.74) is 2.07. The predicted molar refractivity (Wildman–Crippen MR) is 68.2 cm³/mol. The molecular formula is C14H13NO3. The van der Waals surface area contributed by atoms with E-state index < -0.39 is 11.9 Å². The van der Waals surface area contributed by atoms with Gasteiger partial charge in [-0.05, 0) is 29.3 Å². The summed E-state index contributed by atoms with van der Waals surface area (Å²) in [5.74, 6) is -2.45. The molecule has 92 valence electrons. The van der Waals surface area contributed by atoms with Crippen LogP contribution >= 0.6 is 0 Å². The van der Waals surface area contributed by atoms with Gasteiger partial charge in [-0.2, -0.15) is 0 Å². The van der Waals surface area contributed by atoms with Crippen molar-refractivity contribution in [3.63, 3.8) is 0 Å². The number of carboxylic acids is 1. The third-order valence-electron chi connectivity index (χ3n) is 2.71. The Hall–Kier alpha value is -2.36. The number of amides is 1. The summed E-state index contributed by atoms with van der Waals surface area (Å²) in [7, 11) is 0. The maximum absolute atomic E-state index is 10.9. The van der Waals surface area contributed by atoms with E-state index in [1.807, 2.05) is 37.3 Å². The predicted octanol–water partition coefficient (Wildman–Crippen LogP) is 1.85. The molecule has 0 aromatic heterocycles. The van der Waals surface area contributed by atoms with E-state index in [-0.39, 0.29) is 6.54 Å². The molecule has 0 saturated carbocycles. The van der Waals surface area contributed by atoms with E-state index in [0.717, 1.165) is 16.3 Å². The Morgan fingerprint density at radius 1 is 1.11 bits per heavy atom. The van der Waals surface area contributed by atoms with E-state index >= 15 is 0 Å². The van der Waals surface area contributed by atoms with Gasteiger partial charge in [0.2, 0.25) is 0 Å². The van der Waals surface area contributed by atoms with Crippen LogP contribution in [0.1, 0.15) is 11.1 Å². The van der Waals surface area contributed by atoms with E-state index in [9.17, 15) is 9.59 Å². The molecule has 0 saturated heterocycles. The van der Waals surface area contributed by atoms with Gasteiger partial charge in [0.1, 0.15) is 0 Å². The second-order valence-corrected chi connectivity index (χ2v) is 4.17. The molecule has 0 bridgehead atoms. The van der Waals surface area contributed by atoms with Crippen LogP contribution in [0.2, 0.25) is 0 Å². The molecule has 0 heterocycles. The Kier molecular flexibility index (Phi) is 3.28. The third-order valence-corrected chi connectivity index (χ3v) is 2.71. The maximum Gasteiger partial charge on any atom is 0.394 e. The molecule has 0 unspecified atom stereocenters. The van der Waals surface area contributed by atoms with E-state index in [0.29, 0.717) is 0 Å². The first-order valence-corrected chi connectivity index (χ1v) is 5.57. The zero-order valence-corrected chi connectivity index (χ0v) is 9.93. The van der Waals surface area contributed by atoms with Gasteiger partial charge in [-0.3, -0.25) is 4.79 Å². The number of rotatable bonds is 2. The highest BCUT2D eigenvalue weighted by molar-refractivity contribution is 6.31. The van der Waals surface area contributed by atoms with Gasteiger partial charge in [0.25, 0.3) is 0 Å². The van der Waals surface area contributed by atoms with Crippen LogP contribution in [0.25, 0.3) is 10.8 Å². The second kappa shape index (κ2) is 4.87. The zero-order chi connectivity index (χ0) is 13.1. The molecule has 0 aliphatic carbocycles. The number of benzene rings is 2. The summed E-state index contributed by atoms with van der Waals surface area (Å²) in [5, 5.41) is 13.0. The van der Waals surface area contributed by atoms with Gasteiger partial charge in [-0.1, -0.05) is 35.9 Å². The molecule has 1 amide bonds. The van der Waals surface area contributed by atoms with E-state index in [1.54, 1.807) is 0 Å². The smallest absolute Gasteiger partial charge is 0.394 e. The van der Waals surface area contributed by atoms with Gasteiger partial charge in [0.15, 0.2) is 0 Å². The molecule has 0 aliphatic heterocycles. The summed E-state index contributed by atoms with van der Waals surface area (Å²) in [6, 6.07) is 11.9. The fourth-order valence-electron chi connectivity index (χ4n) is 1.78. The van der Waals surface area contributed by atoms with Crippen molar-refractivity contribution in [2.24, 2.45) is 0 Å². The molecule has 4 nitrogen and oxygen atoms in total. The topological polar surface area (TPSA) is 66.4 Å². The molecule has 2 rings (SSSR count). The summed E-state index contributed by atoms with van der Waals surface area (Å²) in [6.45, 7) is 2.25. The van der Waals surface area contributed by atoms with Crippen LogP contribution in [0.15, 0.2) is 36.4 Å². The number of hydrogen-bond donors (Lipinski definition) is 2. The van der Waals surface area contributed by atoms with Gasteiger partial charge in [0.05, 0.1) is 0 Å². The number of carbonyl (C=O) groups is 2. The Morgan fingerprint density at radius 2 is 1.78 bits per heavy atom. The fraction of sp³-hybridized carbons (Fsp3) is 0.143. The van der Waals surface area contributed by atoms with Crippen molar-refractivity contribution in [3.8, 4) is 0 Å². The van der Waals surface area contributed by atoms with Crippen LogP contribution in [-0.2, 0) is 16.1 Å². The van der Waals surface area contributed by atoms with Crippen LogP contribution in [0.5, 0.6) is 0 Å². The largest absolute Gasteiger partial charge is 0.474 e. The Balaban J connectivity index is 2.18. The van der Waals surface area contributed by atoms with Gasteiger partial charge in [-0.25, -0.2) is 4.79 Å². The zero-order valence-electron chi connectivity index (χ0n) is 9.93. The number of carbonyl (C=O) groups excluding carboxylic acids is 1. The standard InChI is InChI=1S/C14H13NO3/c1-9-2-4-12-7-10(3-5-11(12)6-9)8-15-13(16)14(17)18/h2-7H,8H2,1H3,(H,15,16)(H,17,18). The highest BCUT2D eigenvalue weighted by Crippen LogP contribution is 2.17. The highest BCUT2D eigenvalue weighted by atomic mass is 16.4. The minimum atomic E-state index is -1.47. The van der Waals surface area contributed by atoms with Crippen molar-refractivity contribution in [1.29, 1.82) is 0 Å². The van der Waals surface area contributed by atoms with Gasteiger partial charge >= 0.3 is 11.9 Å². The first-order valence-electron chi connectivity index (χ1n) is 5.57. The number of hydrogen-bond acceptors (Lipinski definition) is 2. The van der Waals surface area contributed by atoms with Crippen molar-refractivity contribution >= 4 is 22.6 Å². The molecular weight excluding hydrogens is 230 g/mol. The minimum Gasteiger partial charge on any atom is -0.474 e. The van der Waals surface area contributed by atoms with Crippen molar-refractivity contribution < 1.29 is 14.7 Å². The van der Waals surface area contributed by atoms with Gasteiger partial charge in [-0.15, -0.1) is 0 Å². The number of carboxylic acid groups (broad SMARTS) is 1. The number of aryl methyl sites for hydroxylation is 1. The van der Waals surface area contributed by atoms with Crippen molar-refractivity contribution in [1.82, 2.24) is 5.32 Å². The van der Waals surface area contributed by atoms with E-state index in [2.05, 4.69) is 11.4 Å². The molecule has 0 atom stereocenters. The molecule has 0 aliphatic rings. The molecule has 0 fully saturated rings. The molecule has 4 heteroatoms. The maximum atomic E-state index is 10.9. The quantitative estimate of drug-likeness (QED) is 0.791. The minimum absolute atomic E-state index is 0.217. The van der Waals surface area contributed by atoms with Crippen molar-refractivity contribution in [3.05, 3.63) is 47.5 Å². The summed E-state index contributed by atoms with van der Waals surface area (Å²) >= 11 is 0. The SMILES string of the molecule is Cc1ccc2cc(CNC(=O)C(=O)O)ccc2c1. The van der Waals surface area contributed by atoms with Gasteiger partial charge in [0, 0.05) is 6.54 Å².